The number of amides is 1. The maximum absolute atomic E-state index is 12.4. The van der Waals surface area contributed by atoms with Crippen molar-refractivity contribution in [2.45, 2.75) is 19.4 Å². The van der Waals surface area contributed by atoms with Gasteiger partial charge in [0.15, 0.2) is 17.6 Å². The number of carbonyl (C=O) groups excluding carboxylic acids is 1. The van der Waals surface area contributed by atoms with Crippen LogP contribution in [0.25, 0.3) is 0 Å². The number of benzene rings is 2. The third-order valence-electron chi connectivity index (χ3n) is 3.36. The van der Waals surface area contributed by atoms with Crippen LogP contribution in [-0.2, 0) is 4.79 Å². The first-order valence-corrected chi connectivity index (χ1v) is 7.42. The SMILES string of the molecule is CCC(Oc1ccccc1OC)C(=O)Nc1ccc(OC)cc1. The number of anilines is 1. The Morgan fingerprint density at radius 3 is 2.22 bits per heavy atom. The summed E-state index contributed by atoms with van der Waals surface area (Å²) in [5.74, 6) is 1.68. The minimum Gasteiger partial charge on any atom is -0.497 e. The van der Waals surface area contributed by atoms with Crippen LogP contribution in [0.3, 0.4) is 0 Å². The van der Waals surface area contributed by atoms with E-state index in [1.807, 2.05) is 19.1 Å². The van der Waals surface area contributed by atoms with Crippen LogP contribution in [0.4, 0.5) is 5.69 Å². The molecule has 2 rings (SSSR count). The van der Waals surface area contributed by atoms with Crippen molar-refractivity contribution >= 4 is 11.6 Å². The molecule has 0 aliphatic rings. The predicted molar refractivity (Wildman–Crippen MR) is 89.3 cm³/mol. The number of para-hydroxylation sites is 2. The van der Waals surface area contributed by atoms with Crippen molar-refractivity contribution in [2.75, 3.05) is 19.5 Å². The molecular weight excluding hydrogens is 294 g/mol. The third-order valence-corrected chi connectivity index (χ3v) is 3.36. The number of carbonyl (C=O) groups is 1. The van der Waals surface area contributed by atoms with E-state index in [-0.39, 0.29) is 5.91 Å². The van der Waals surface area contributed by atoms with E-state index in [9.17, 15) is 4.79 Å². The van der Waals surface area contributed by atoms with Gasteiger partial charge in [-0.3, -0.25) is 4.79 Å². The average Bonchev–Trinajstić information content (AvgIpc) is 2.60. The van der Waals surface area contributed by atoms with Gasteiger partial charge in [0.2, 0.25) is 0 Å². The van der Waals surface area contributed by atoms with E-state index in [1.165, 1.54) is 0 Å². The summed E-state index contributed by atoms with van der Waals surface area (Å²) < 4.78 is 16.1. The van der Waals surface area contributed by atoms with Crippen LogP contribution >= 0.6 is 0 Å². The van der Waals surface area contributed by atoms with Crippen molar-refractivity contribution in [1.82, 2.24) is 0 Å². The van der Waals surface area contributed by atoms with E-state index in [1.54, 1.807) is 50.6 Å². The van der Waals surface area contributed by atoms with Gasteiger partial charge < -0.3 is 19.5 Å². The molecule has 0 radical (unpaired) electrons. The van der Waals surface area contributed by atoms with E-state index in [0.717, 1.165) is 5.75 Å². The van der Waals surface area contributed by atoms with Gasteiger partial charge >= 0.3 is 0 Å². The molecule has 2 aromatic carbocycles. The molecule has 0 aromatic heterocycles. The van der Waals surface area contributed by atoms with E-state index < -0.39 is 6.10 Å². The molecule has 1 unspecified atom stereocenters. The predicted octanol–water partition coefficient (Wildman–Crippen LogP) is 3.50. The lowest BCUT2D eigenvalue weighted by Gasteiger charge is -2.19. The van der Waals surface area contributed by atoms with Crippen molar-refractivity contribution in [3.63, 3.8) is 0 Å². The Labute approximate surface area is 136 Å². The van der Waals surface area contributed by atoms with Gasteiger partial charge in [-0.25, -0.2) is 0 Å². The van der Waals surface area contributed by atoms with Crippen molar-refractivity contribution in [2.24, 2.45) is 0 Å². The van der Waals surface area contributed by atoms with Crippen molar-refractivity contribution < 1.29 is 19.0 Å². The zero-order chi connectivity index (χ0) is 16.7. The summed E-state index contributed by atoms with van der Waals surface area (Å²) in [6, 6.07) is 14.4. The van der Waals surface area contributed by atoms with Crippen LogP contribution in [0.15, 0.2) is 48.5 Å². The topological polar surface area (TPSA) is 56.8 Å². The molecule has 1 amide bonds. The maximum atomic E-state index is 12.4. The Morgan fingerprint density at radius 2 is 1.65 bits per heavy atom. The minimum absolute atomic E-state index is 0.205. The average molecular weight is 315 g/mol. The van der Waals surface area contributed by atoms with Crippen LogP contribution in [0.2, 0.25) is 0 Å². The van der Waals surface area contributed by atoms with Crippen molar-refractivity contribution in [3.8, 4) is 17.2 Å². The second-order valence-electron chi connectivity index (χ2n) is 4.88. The zero-order valence-electron chi connectivity index (χ0n) is 13.5. The third kappa shape index (κ3) is 4.39. The smallest absolute Gasteiger partial charge is 0.265 e. The van der Waals surface area contributed by atoms with E-state index >= 15 is 0 Å². The van der Waals surface area contributed by atoms with E-state index in [0.29, 0.717) is 23.6 Å². The molecule has 0 fully saturated rings. The number of ether oxygens (including phenoxy) is 3. The van der Waals surface area contributed by atoms with Gasteiger partial charge in [0.05, 0.1) is 14.2 Å². The molecule has 0 saturated carbocycles. The van der Waals surface area contributed by atoms with E-state index in [2.05, 4.69) is 5.32 Å². The Balaban J connectivity index is 2.05. The van der Waals surface area contributed by atoms with Gasteiger partial charge in [0.1, 0.15) is 5.75 Å². The first-order valence-electron chi connectivity index (χ1n) is 7.42. The van der Waals surface area contributed by atoms with Gasteiger partial charge in [-0.2, -0.15) is 0 Å². The number of methoxy groups -OCH3 is 2. The second kappa shape index (κ2) is 8.08. The van der Waals surface area contributed by atoms with Crippen molar-refractivity contribution in [1.29, 1.82) is 0 Å². The summed E-state index contributed by atoms with van der Waals surface area (Å²) >= 11 is 0. The summed E-state index contributed by atoms with van der Waals surface area (Å²) in [4.78, 5) is 12.4. The number of rotatable bonds is 7. The normalized spacial score (nSPS) is 11.4. The van der Waals surface area contributed by atoms with Gasteiger partial charge in [0.25, 0.3) is 5.91 Å². The molecule has 0 spiro atoms. The summed E-state index contributed by atoms with van der Waals surface area (Å²) in [5.41, 5.74) is 0.692. The summed E-state index contributed by atoms with van der Waals surface area (Å²) in [6.07, 6.45) is -0.0616. The van der Waals surface area contributed by atoms with Crippen LogP contribution in [0, 0.1) is 0 Å². The molecule has 5 nitrogen and oxygen atoms in total. The Bertz CT molecular complexity index is 640. The maximum Gasteiger partial charge on any atom is 0.265 e. The standard InChI is InChI=1S/C18H21NO4/c1-4-15(23-17-8-6-5-7-16(17)22-3)18(20)19-13-9-11-14(21-2)12-10-13/h5-12,15H,4H2,1-3H3,(H,19,20). The first kappa shape index (κ1) is 16.7. The molecule has 0 saturated heterocycles. The van der Waals surface area contributed by atoms with Gasteiger partial charge in [-0.1, -0.05) is 19.1 Å². The molecule has 0 aliphatic heterocycles. The molecule has 2 aromatic rings. The second-order valence-corrected chi connectivity index (χ2v) is 4.88. The molecular formula is C18H21NO4. The fourth-order valence-corrected chi connectivity index (χ4v) is 2.09. The zero-order valence-corrected chi connectivity index (χ0v) is 13.5. The molecule has 0 bridgehead atoms. The van der Waals surface area contributed by atoms with Crippen LogP contribution in [0.1, 0.15) is 13.3 Å². The Hall–Kier alpha value is -2.69. The highest BCUT2D eigenvalue weighted by Crippen LogP contribution is 2.27. The lowest BCUT2D eigenvalue weighted by Crippen LogP contribution is -2.32. The highest BCUT2D eigenvalue weighted by atomic mass is 16.5. The molecule has 0 heterocycles. The quantitative estimate of drug-likeness (QED) is 0.849. The van der Waals surface area contributed by atoms with Crippen LogP contribution < -0.4 is 19.5 Å². The molecule has 5 heteroatoms. The van der Waals surface area contributed by atoms with E-state index in [4.69, 9.17) is 14.2 Å². The van der Waals surface area contributed by atoms with Crippen LogP contribution in [-0.4, -0.2) is 26.2 Å². The summed E-state index contributed by atoms with van der Waals surface area (Å²) in [6.45, 7) is 1.90. The monoisotopic (exact) mass is 315 g/mol. The number of hydrogen-bond donors (Lipinski definition) is 1. The lowest BCUT2D eigenvalue weighted by molar-refractivity contribution is -0.122. The fraction of sp³-hybridized carbons (Fsp3) is 0.278. The van der Waals surface area contributed by atoms with Crippen molar-refractivity contribution in [3.05, 3.63) is 48.5 Å². The molecule has 0 aliphatic carbocycles. The summed E-state index contributed by atoms with van der Waals surface area (Å²) in [5, 5.41) is 2.84. The van der Waals surface area contributed by atoms with Crippen LogP contribution in [0.5, 0.6) is 17.2 Å². The number of nitrogens with one attached hydrogen (secondary N) is 1. The molecule has 23 heavy (non-hydrogen) atoms. The largest absolute Gasteiger partial charge is 0.497 e. The Kier molecular flexibility index (Phi) is 5.86. The van der Waals surface area contributed by atoms with Gasteiger partial charge in [0, 0.05) is 5.69 Å². The molecule has 1 N–H and O–H groups in total. The summed E-state index contributed by atoms with van der Waals surface area (Å²) in [7, 11) is 3.17. The highest BCUT2D eigenvalue weighted by Gasteiger charge is 2.20. The molecule has 1 atom stereocenters. The highest BCUT2D eigenvalue weighted by molar-refractivity contribution is 5.94. The minimum atomic E-state index is -0.603. The van der Waals surface area contributed by atoms with Gasteiger partial charge in [-0.15, -0.1) is 0 Å². The van der Waals surface area contributed by atoms with Gasteiger partial charge in [-0.05, 0) is 42.8 Å². The molecule has 122 valence electrons. The Morgan fingerprint density at radius 1 is 1.00 bits per heavy atom. The lowest BCUT2D eigenvalue weighted by atomic mass is 10.2. The first-order chi connectivity index (χ1) is 11.2. The fourth-order valence-electron chi connectivity index (χ4n) is 2.09. The number of hydrogen-bond acceptors (Lipinski definition) is 4.